The Morgan fingerprint density at radius 3 is 2.20 bits per heavy atom. The SMILES string of the molecule is CCCCCNC(=O)C(c1ccccc1)N(Cc1ccc(Cl)cc1)C(=O)COc1ccc(S(=O)(=O)Nc2ccc(F)cc2)cc1. The molecule has 2 N–H and O–H groups in total. The lowest BCUT2D eigenvalue weighted by atomic mass is 10.0. The maximum absolute atomic E-state index is 13.8. The first kappa shape index (κ1) is 33.5. The number of carbonyl (C=O) groups excluding carboxylic acids is 2. The lowest BCUT2D eigenvalue weighted by Crippen LogP contribution is -2.45. The van der Waals surface area contributed by atoms with Crippen LogP contribution in [0.25, 0.3) is 0 Å². The van der Waals surface area contributed by atoms with Gasteiger partial charge in [0.05, 0.1) is 4.90 Å². The number of hydrogen-bond donors (Lipinski definition) is 2. The fourth-order valence-corrected chi connectivity index (χ4v) is 5.76. The second kappa shape index (κ2) is 16.1. The normalized spacial score (nSPS) is 11.8. The summed E-state index contributed by atoms with van der Waals surface area (Å²) in [5, 5.41) is 3.53. The molecular weight excluding hydrogens is 617 g/mol. The van der Waals surface area contributed by atoms with Gasteiger partial charge in [0.15, 0.2) is 6.61 Å². The van der Waals surface area contributed by atoms with Crippen molar-refractivity contribution >= 4 is 39.1 Å². The van der Waals surface area contributed by atoms with E-state index in [1.807, 2.05) is 18.2 Å². The van der Waals surface area contributed by atoms with Crippen LogP contribution < -0.4 is 14.8 Å². The molecule has 0 aliphatic heterocycles. The summed E-state index contributed by atoms with van der Waals surface area (Å²) >= 11 is 6.09. The third-order valence-electron chi connectivity index (χ3n) is 6.93. The van der Waals surface area contributed by atoms with Gasteiger partial charge in [-0.05, 0) is 78.2 Å². The van der Waals surface area contributed by atoms with Crippen molar-refractivity contribution in [1.29, 1.82) is 0 Å². The topological polar surface area (TPSA) is 105 Å². The van der Waals surface area contributed by atoms with E-state index in [0.29, 0.717) is 17.1 Å². The number of anilines is 1. The van der Waals surface area contributed by atoms with Gasteiger partial charge in [-0.15, -0.1) is 0 Å². The predicted molar refractivity (Wildman–Crippen MR) is 173 cm³/mol. The number of amides is 2. The largest absolute Gasteiger partial charge is 0.484 e. The highest BCUT2D eigenvalue weighted by atomic mass is 35.5. The molecule has 0 aliphatic carbocycles. The smallest absolute Gasteiger partial charge is 0.261 e. The molecule has 0 heterocycles. The lowest BCUT2D eigenvalue weighted by molar-refractivity contribution is -0.143. The minimum atomic E-state index is -3.95. The standard InChI is InChI=1S/C34H35ClFN3O5S/c1-2-3-7-22-37-34(41)33(26-8-5-4-6-9-26)39(23-25-10-12-27(35)13-11-25)32(40)24-44-30-18-20-31(21-19-30)45(42,43)38-29-16-14-28(36)15-17-29/h4-6,8-21,33,38H,2-3,7,22-24H2,1H3,(H,37,41). The zero-order chi connectivity index (χ0) is 32.2. The summed E-state index contributed by atoms with van der Waals surface area (Å²) in [7, 11) is -3.95. The third kappa shape index (κ3) is 9.79. The summed E-state index contributed by atoms with van der Waals surface area (Å²) in [5.41, 5.74) is 1.64. The van der Waals surface area contributed by atoms with Crippen molar-refractivity contribution in [2.75, 3.05) is 17.9 Å². The molecule has 8 nitrogen and oxygen atoms in total. The summed E-state index contributed by atoms with van der Waals surface area (Å²) in [5.74, 6) is -0.973. The molecule has 4 aromatic rings. The summed E-state index contributed by atoms with van der Waals surface area (Å²) < 4.78 is 46.9. The molecule has 45 heavy (non-hydrogen) atoms. The maximum atomic E-state index is 13.8. The van der Waals surface area contributed by atoms with Crippen LogP contribution in [0.1, 0.15) is 43.4 Å². The van der Waals surface area contributed by atoms with Crippen LogP contribution in [0.3, 0.4) is 0 Å². The van der Waals surface area contributed by atoms with Crippen LogP contribution >= 0.6 is 11.6 Å². The second-order valence-corrected chi connectivity index (χ2v) is 12.5. The molecule has 4 aromatic carbocycles. The molecule has 2 amide bonds. The van der Waals surface area contributed by atoms with Crippen molar-refractivity contribution in [2.45, 2.75) is 43.7 Å². The van der Waals surface area contributed by atoms with Crippen molar-refractivity contribution < 1.29 is 27.1 Å². The van der Waals surface area contributed by atoms with Gasteiger partial charge in [-0.1, -0.05) is 73.8 Å². The number of benzene rings is 4. The average molecular weight is 652 g/mol. The second-order valence-electron chi connectivity index (χ2n) is 10.3. The Bertz CT molecular complexity index is 1650. The highest BCUT2D eigenvalue weighted by Crippen LogP contribution is 2.26. The highest BCUT2D eigenvalue weighted by molar-refractivity contribution is 7.92. The third-order valence-corrected chi connectivity index (χ3v) is 8.58. The van der Waals surface area contributed by atoms with Crippen molar-refractivity contribution in [1.82, 2.24) is 10.2 Å². The first-order chi connectivity index (χ1) is 21.7. The molecule has 0 aromatic heterocycles. The highest BCUT2D eigenvalue weighted by Gasteiger charge is 2.31. The molecule has 0 saturated carbocycles. The van der Waals surface area contributed by atoms with E-state index >= 15 is 0 Å². The van der Waals surface area contributed by atoms with Gasteiger partial charge >= 0.3 is 0 Å². The van der Waals surface area contributed by atoms with Gasteiger partial charge in [-0.25, -0.2) is 12.8 Å². The number of unbranched alkanes of at least 4 members (excludes halogenated alkanes) is 2. The van der Waals surface area contributed by atoms with E-state index in [1.165, 1.54) is 41.3 Å². The molecule has 0 saturated heterocycles. The summed E-state index contributed by atoms with van der Waals surface area (Å²) in [6, 6.07) is 25.7. The maximum Gasteiger partial charge on any atom is 0.261 e. The molecule has 0 spiro atoms. The lowest BCUT2D eigenvalue weighted by Gasteiger charge is -2.31. The van der Waals surface area contributed by atoms with Gasteiger partial charge in [0.1, 0.15) is 17.6 Å². The van der Waals surface area contributed by atoms with Gasteiger partial charge in [-0.2, -0.15) is 0 Å². The fraction of sp³-hybridized carbons (Fsp3) is 0.235. The molecule has 0 bridgehead atoms. The number of hydrogen-bond acceptors (Lipinski definition) is 5. The quantitative estimate of drug-likeness (QED) is 0.139. The van der Waals surface area contributed by atoms with E-state index in [4.69, 9.17) is 16.3 Å². The average Bonchev–Trinajstić information content (AvgIpc) is 3.04. The summed E-state index contributed by atoms with van der Waals surface area (Å²) in [4.78, 5) is 28.8. The first-order valence-corrected chi connectivity index (χ1v) is 16.4. The molecular formula is C34H35ClFN3O5S. The Balaban J connectivity index is 1.53. The van der Waals surface area contributed by atoms with Gasteiger partial charge < -0.3 is 15.0 Å². The minimum absolute atomic E-state index is 0.0428. The van der Waals surface area contributed by atoms with Crippen LogP contribution in [0.15, 0.2) is 108 Å². The van der Waals surface area contributed by atoms with E-state index in [-0.39, 0.29) is 28.8 Å². The summed E-state index contributed by atoms with van der Waals surface area (Å²) in [6.45, 7) is 2.28. The Morgan fingerprint density at radius 2 is 1.56 bits per heavy atom. The van der Waals surface area contributed by atoms with Crippen molar-refractivity contribution in [3.05, 3.63) is 125 Å². The van der Waals surface area contributed by atoms with Crippen LogP contribution in [-0.4, -0.2) is 38.3 Å². The minimum Gasteiger partial charge on any atom is -0.484 e. The van der Waals surface area contributed by atoms with Gasteiger partial charge in [0.2, 0.25) is 5.91 Å². The molecule has 0 aliphatic rings. The Labute approximate surface area is 268 Å². The van der Waals surface area contributed by atoms with E-state index in [9.17, 15) is 22.4 Å². The van der Waals surface area contributed by atoms with Gasteiger partial charge in [-0.3, -0.25) is 14.3 Å². The van der Waals surface area contributed by atoms with E-state index in [2.05, 4.69) is 17.0 Å². The van der Waals surface area contributed by atoms with E-state index < -0.39 is 34.4 Å². The van der Waals surface area contributed by atoms with Crippen molar-refractivity contribution in [3.63, 3.8) is 0 Å². The van der Waals surface area contributed by atoms with Crippen LogP contribution in [-0.2, 0) is 26.2 Å². The molecule has 11 heteroatoms. The van der Waals surface area contributed by atoms with Gasteiger partial charge in [0.25, 0.3) is 15.9 Å². The number of rotatable bonds is 15. The first-order valence-electron chi connectivity index (χ1n) is 14.5. The number of nitrogens with zero attached hydrogens (tertiary/aromatic N) is 1. The molecule has 1 atom stereocenters. The molecule has 0 radical (unpaired) electrons. The zero-order valence-electron chi connectivity index (χ0n) is 24.8. The van der Waals surface area contributed by atoms with Crippen molar-refractivity contribution in [2.24, 2.45) is 0 Å². The van der Waals surface area contributed by atoms with Crippen LogP contribution in [0, 0.1) is 5.82 Å². The predicted octanol–water partition coefficient (Wildman–Crippen LogP) is 6.74. The van der Waals surface area contributed by atoms with Crippen LogP contribution in [0.4, 0.5) is 10.1 Å². The van der Waals surface area contributed by atoms with Crippen molar-refractivity contribution in [3.8, 4) is 5.75 Å². The fourth-order valence-electron chi connectivity index (χ4n) is 4.58. The monoisotopic (exact) mass is 651 g/mol. The Hall–Kier alpha value is -4.41. The summed E-state index contributed by atoms with van der Waals surface area (Å²) in [6.07, 6.45) is 2.80. The van der Waals surface area contributed by atoms with E-state index in [1.54, 1.807) is 36.4 Å². The molecule has 236 valence electrons. The van der Waals surface area contributed by atoms with Crippen LogP contribution in [0.2, 0.25) is 5.02 Å². The van der Waals surface area contributed by atoms with E-state index in [0.717, 1.165) is 37.0 Å². The molecule has 4 rings (SSSR count). The Morgan fingerprint density at radius 1 is 0.889 bits per heavy atom. The number of sulfonamides is 1. The number of nitrogens with one attached hydrogen (secondary N) is 2. The number of carbonyl (C=O) groups is 2. The zero-order valence-corrected chi connectivity index (χ0v) is 26.4. The number of ether oxygens (including phenoxy) is 1. The molecule has 1 unspecified atom stereocenters. The van der Waals surface area contributed by atoms with Crippen LogP contribution in [0.5, 0.6) is 5.75 Å². The molecule has 0 fully saturated rings. The number of halogens is 2. The Kier molecular flexibility index (Phi) is 11.9. The van der Waals surface area contributed by atoms with Gasteiger partial charge in [0, 0.05) is 23.8 Å².